The van der Waals surface area contributed by atoms with Crippen molar-refractivity contribution in [1.82, 2.24) is 4.90 Å². The van der Waals surface area contributed by atoms with Crippen molar-refractivity contribution in [2.45, 2.75) is 33.7 Å². The minimum Gasteiger partial charge on any atom is -0.303 e. The van der Waals surface area contributed by atoms with E-state index in [2.05, 4.69) is 46.2 Å². The molecule has 0 bridgehead atoms. The molecule has 0 radical (unpaired) electrons. The van der Waals surface area contributed by atoms with Crippen LogP contribution in [-0.2, 0) is 0 Å². The van der Waals surface area contributed by atoms with Crippen LogP contribution in [0.2, 0.25) is 0 Å². The zero-order valence-electron chi connectivity index (χ0n) is 8.52. The van der Waals surface area contributed by atoms with E-state index in [1.54, 1.807) is 0 Å². The molecule has 0 aliphatic carbocycles. The quantitative estimate of drug-likeness (QED) is 0.564. The van der Waals surface area contributed by atoms with Crippen molar-refractivity contribution >= 4 is 0 Å². The normalized spacial score (nSPS) is 12.6. The molecule has 0 saturated heterocycles. The first-order valence-electron chi connectivity index (χ1n) is 4.23. The predicted molar refractivity (Wildman–Crippen MR) is 51.7 cm³/mol. The second kappa shape index (κ2) is 3.91. The Morgan fingerprint density at radius 2 is 1.91 bits per heavy atom. The summed E-state index contributed by atoms with van der Waals surface area (Å²) < 4.78 is 0. The van der Waals surface area contributed by atoms with Crippen molar-refractivity contribution in [2.75, 3.05) is 13.6 Å². The molecule has 0 aromatic rings. The molecule has 0 spiro atoms. The van der Waals surface area contributed by atoms with Gasteiger partial charge in [-0.1, -0.05) is 19.9 Å². The third kappa shape index (κ3) is 4.20. The summed E-state index contributed by atoms with van der Waals surface area (Å²) >= 11 is 0. The van der Waals surface area contributed by atoms with Gasteiger partial charge in [-0.25, -0.2) is 0 Å². The Labute approximate surface area is 71.1 Å². The topological polar surface area (TPSA) is 3.24 Å². The average Bonchev–Trinajstić information content (AvgIpc) is 1.87. The van der Waals surface area contributed by atoms with Gasteiger partial charge in [0.15, 0.2) is 0 Å². The number of rotatable bonds is 4. The van der Waals surface area contributed by atoms with Gasteiger partial charge in [-0.2, -0.15) is 0 Å². The van der Waals surface area contributed by atoms with Gasteiger partial charge in [0.1, 0.15) is 0 Å². The Bertz CT molecular complexity index is 125. The van der Waals surface area contributed by atoms with Gasteiger partial charge < -0.3 is 4.90 Å². The first kappa shape index (κ1) is 10.7. The Balaban J connectivity index is 3.93. The summed E-state index contributed by atoms with van der Waals surface area (Å²) in [6.45, 7) is 13.7. The second-order valence-corrected chi connectivity index (χ2v) is 4.20. The highest BCUT2D eigenvalue weighted by Gasteiger charge is 2.16. The third-order valence-electron chi connectivity index (χ3n) is 2.09. The Hall–Kier alpha value is -0.300. The molecule has 0 rings (SSSR count). The zero-order valence-corrected chi connectivity index (χ0v) is 8.52. The molecule has 0 saturated carbocycles. The number of nitrogens with zero attached hydrogens (tertiary/aromatic N) is 1. The minimum atomic E-state index is 0.235. The fraction of sp³-hybridized carbons (Fsp3) is 0.800. The highest BCUT2D eigenvalue weighted by molar-refractivity contribution is 4.89. The SMILES string of the molecule is C=CC(C)(C)CN(C)C(C)C. The molecule has 0 atom stereocenters. The molecule has 0 aliphatic rings. The summed E-state index contributed by atoms with van der Waals surface area (Å²) in [6, 6.07) is 0.620. The summed E-state index contributed by atoms with van der Waals surface area (Å²) in [5.41, 5.74) is 0.235. The first-order valence-corrected chi connectivity index (χ1v) is 4.23. The van der Waals surface area contributed by atoms with Crippen LogP contribution in [0.3, 0.4) is 0 Å². The third-order valence-corrected chi connectivity index (χ3v) is 2.09. The maximum Gasteiger partial charge on any atom is 0.00669 e. The summed E-state index contributed by atoms with van der Waals surface area (Å²) in [7, 11) is 2.15. The van der Waals surface area contributed by atoms with Crippen LogP contribution in [0.1, 0.15) is 27.7 Å². The van der Waals surface area contributed by atoms with Crippen LogP contribution in [0.25, 0.3) is 0 Å². The van der Waals surface area contributed by atoms with Crippen LogP contribution in [0.15, 0.2) is 12.7 Å². The maximum atomic E-state index is 3.82. The molecule has 0 fully saturated rings. The van der Waals surface area contributed by atoms with Gasteiger partial charge in [-0.15, -0.1) is 6.58 Å². The lowest BCUT2D eigenvalue weighted by Crippen LogP contribution is -2.34. The predicted octanol–water partition coefficient (Wildman–Crippen LogP) is 2.54. The maximum absolute atomic E-state index is 3.82. The van der Waals surface area contributed by atoms with Crippen molar-refractivity contribution in [1.29, 1.82) is 0 Å². The molecule has 0 unspecified atom stereocenters. The molecule has 0 aromatic carbocycles. The zero-order chi connectivity index (χ0) is 9.07. The molecule has 66 valence electrons. The van der Waals surface area contributed by atoms with E-state index in [-0.39, 0.29) is 5.41 Å². The van der Waals surface area contributed by atoms with E-state index in [4.69, 9.17) is 0 Å². The summed E-state index contributed by atoms with van der Waals surface area (Å²) in [5.74, 6) is 0. The summed E-state index contributed by atoms with van der Waals surface area (Å²) in [5, 5.41) is 0. The van der Waals surface area contributed by atoms with Crippen LogP contribution in [0.5, 0.6) is 0 Å². The smallest absolute Gasteiger partial charge is 0.00669 e. The number of hydrogen-bond acceptors (Lipinski definition) is 1. The van der Waals surface area contributed by atoms with E-state index in [9.17, 15) is 0 Å². The monoisotopic (exact) mass is 155 g/mol. The van der Waals surface area contributed by atoms with E-state index in [1.165, 1.54) is 0 Å². The molecule has 0 heterocycles. The molecule has 0 amide bonds. The average molecular weight is 155 g/mol. The van der Waals surface area contributed by atoms with E-state index in [0.717, 1.165) is 6.54 Å². The summed E-state index contributed by atoms with van der Waals surface area (Å²) in [4.78, 5) is 2.34. The Kier molecular flexibility index (Phi) is 3.81. The van der Waals surface area contributed by atoms with E-state index in [1.807, 2.05) is 6.08 Å². The van der Waals surface area contributed by atoms with Crippen molar-refractivity contribution in [2.24, 2.45) is 5.41 Å². The van der Waals surface area contributed by atoms with Crippen LogP contribution >= 0.6 is 0 Å². The largest absolute Gasteiger partial charge is 0.303 e. The Morgan fingerprint density at radius 1 is 1.45 bits per heavy atom. The standard InChI is InChI=1S/C10H21N/c1-7-10(4,5)8-11(6)9(2)3/h7,9H,1,8H2,2-6H3. The molecule has 0 N–H and O–H groups in total. The van der Waals surface area contributed by atoms with Gasteiger partial charge >= 0.3 is 0 Å². The first-order chi connectivity index (χ1) is 4.89. The molecular formula is C10H21N. The van der Waals surface area contributed by atoms with Crippen LogP contribution in [-0.4, -0.2) is 24.5 Å². The van der Waals surface area contributed by atoms with Crippen LogP contribution in [0, 0.1) is 5.41 Å². The van der Waals surface area contributed by atoms with Crippen molar-refractivity contribution in [3.63, 3.8) is 0 Å². The fourth-order valence-corrected chi connectivity index (χ4v) is 0.890. The highest BCUT2D eigenvalue weighted by Crippen LogP contribution is 2.17. The lowest BCUT2D eigenvalue weighted by Gasteiger charge is -2.29. The van der Waals surface area contributed by atoms with Crippen molar-refractivity contribution < 1.29 is 0 Å². The highest BCUT2D eigenvalue weighted by atomic mass is 15.1. The van der Waals surface area contributed by atoms with Gasteiger partial charge in [0.2, 0.25) is 0 Å². The van der Waals surface area contributed by atoms with Gasteiger partial charge in [-0.05, 0) is 26.3 Å². The lowest BCUT2D eigenvalue weighted by atomic mass is 9.93. The van der Waals surface area contributed by atoms with E-state index >= 15 is 0 Å². The molecule has 11 heavy (non-hydrogen) atoms. The molecule has 0 aliphatic heterocycles. The number of hydrogen-bond donors (Lipinski definition) is 0. The van der Waals surface area contributed by atoms with Gasteiger partial charge in [0.05, 0.1) is 0 Å². The van der Waals surface area contributed by atoms with Gasteiger partial charge in [-0.3, -0.25) is 0 Å². The fourth-order valence-electron chi connectivity index (χ4n) is 0.890. The molecule has 1 heteroatoms. The Morgan fingerprint density at radius 3 is 2.18 bits per heavy atom. The minimum absolute atomic E-state index is 0.235. The van der Waals surface area contributed by atoms with Crippen LogP contribution in [0.4, 0.5) is 0 Å². The van der Waals surface area contributed by atoms with Gasteiger partial charge in [0.25, 0.3) is 0 Å². The summed E-state index contributed by atoms with van der Waals surface area (Å²) in [6.07, 6.45) is 2.02. The van der Waals surface area contributed by atoms with Crippen molar-refractivity contribution in [3.8, 4) is 0 Å². The van der Waals surface area contributed by atoms with E-state index < -0.39 is 0 Å². The second-order valence-electron chi connectivity index (χ2n) is 4.20. The molecule has 1 nitrogen and oxygen atoms in total. The van der Waals surface area contributed by atoms with E-state index in [0.29, 0.717) is 6.04 Å². The van der Waals surface area contributed by atoms with Crippen molar-refractivity contribution in [3.05, 3.63) is 12.7 Å². The van der Waals surface area contributed by atoms with Gasteiger partial charge in [0, 0.05) is 12.6 Å². The van der Waals surface area contributed by atoms with Crippen LogP contribution < -0.4 is 0 Å². The molecular weight excluding hydrogens is 134 g/mol. The molecule has 0 aromatic heterocycles. The lowest BCUT2D eigenvalue weighted by molar-refractivity contribution is 0.209.